The molecule has 1 saturated carbocycles. The molecular formula is C29H42N2O4. The van der Waals surface area contributed by atoms with E-state index in [-0.39, 0.29) is 19.1 Å². The molecule has 3 rings (SSSR count). The van der Waals surface area contributed by atoms with Crippen molar-refractivity contribution in [3.63, 3.8) is 0 Å². The first-order valence-corrected chi connectivity index (χ1v) is 12.8. The molecule has 6 nitrogen and oxygen atoms in total. The number of amides is 2. The van der Waals surface area contributed by atoms with Crippen LogP contribution < -0.4 is 10.5 Å². The zero-order valence-electron chi connectivity index (χ0n) is 22.2. The summed E-state index contributed by atoms with van der Waals surface area (Å²) in [7, 11) is 0. The first-order chi connectivity index (χ1) is 16.3. The number of hydrogen-bond acceptors (Lipinski definition) is 4. The van der Waals surface area contributed by atoms with Crippen LogP contribution >= 0.6 is 0 Å². The molecule has 2 N–H and O–H groups in total. The molecule has 1 aliphatic rings. The van der Waals surface area contributed by atoms with Crippen molar-refractivity contribution in [1.29, 1.82) is 0 Å². The minimum absolute atomic E-state index is 0.0885. The number of nitrogens with zero attached hydrogens (tertiary/aromatic N) is 1. The highest BCUT2D eigenvalue weighted by molar-refractivity contribution is 5.84. The van der Waals surface area contributed by atoms with Gasteiger partial charge in [-0.15, -0.1) is 0 Å². The van der Waals surface area contributed by atoms with Crippen molar-refractivity contribution in [3.8, 4) is 5.75 Å². The van der Waals surface area contributed by atoms with E-state index in [1.54, 1.807) is 0 Å². The van der Waals surface area contributed by atoms with Gasteiger partial charge in [0.15, 0.2) is 0 Å². The predicted octanol–water partition coefficient (Wildman–Crippen LogP) is 6.44. The van der Waals surface area contributed by atoms with E-state index in [4.69, 9.17) is 15.2 Å². The van der Waals surface area contributed by atoms with Crippen LogP contribution in [0.4, 0.5) is 4.79 Å². The van der Waals surface area contributed by atoms with Crippen LogP contribution in [0.5, 0.6) is 5.75 Å². The van der Waals surface area contributed by atoms with Crippen molar-refractivity contribution in [3.05, 3.63) is 42.0 Å². The third-order valence-corrected chi connectivity index (χ3v) is 6.73. The van der Waals surface area contributed by atoms with Gasteiger partial charge in [0.25, 0.3) is 0 Å². The smallest absolute Gasteiger partial charge is 0.410 e. The molecule has 2 aromatic rings. The standard InChI is InChI=1S/C29H42N2O4/c1-28(2,3)23-10-13-24(14-11-23)34-25-12-9-21-17-20(7-8-22(21)18-25)19-31(16-15-26(30)32)27(33)35-29(4,5)6/h7-9,12,17-18,23-24H,10-11,13-16,19H2,1-6H3,(H2,30,32)/t23-,24-. The van der Waals surface area contributed by atoms with Crippen LogP contribution in [0.3, 0.4) is 0 Å². The Morgan fingerprint density at radius 2 is 1.57 bits per heavy atom. The average molecular weight is 483 g/mol. The molecule has 35 heavy (non-hydrogen) atoms. The SMILES string of the molecule is CC(C)(C)OC(=O)N(CCC(N)=O)Cc1ccc2cc(O[C@H]3CC[C@H](C(C)(C)C)CC3)ccc2c1. The summed E-state index contributed by atoms with van der Waals surface area (Å²) in [5.74, 6) is 1.22. The van der Waals surface area contributed by atoms with Gasteiger partial charge in [0.05, 0.1) is 6.10 Å². The molecule has 0 heterocycles. The Labute approximate surface area is 210 Å². The molecule has 0 spiro atoms. The highest BCUT2D eigenvalue weighted by Crippen LogP contribution is 2.39. The van der Waals surface area contributed by atoms with Crippen LogP contribution in [0.2, 0.25) is 0 Å². The van der Waals surface area contributed by atoms with Crippen LogP contribution in [0.25, 0.3) is 10.8 Å². The maximum Gasteiger partial charge on any atom is 0.410 e. The normalized spacial score (nSPS) is 18.8. The Bertz CT molecular complexity index is 1030. The van der Waals surface area contributed by atoms with Gasteiger partial charge in [-0.25, -0.2) is 4.79 Å². The van der Waals surface area contributed by atoms with Gasteiger partial charge in [-0.1, -0.05) is 39.0 Å². The van der Waals surface area contributed by atoms with Crippen LogP contribution in [0, 0.1) is 11.3 Å². The molecule has 2 aromatic carbocycles. The van der Waals surface area contributed by atoms with Crippen LogP contribution in [-0.4, -0.2) is 35.2 Å². The zero-order valence-corrected chi connectivity index (χ0v) is 22.2. The predicted molar refractivity (Wildman–Crippen MR) is 140 cm³/mol. The lowest BCUT2D eigenvalue weighted by atomic mass is 9.72. The molecule has 2 amide bonds. The number of benzene rings is 2. The first-order valence-electron chi connectivity index (χ1n) is 12.8. The summed E-state index contributed by atoms with van der Waals surface area (Å²) < 4.78 is 11.9. The summed E-state index contributed by atoms with van der Waals surface area (Å²) in [6.45, 7) is 13.0. The molecule has 0 aliphatic heterocycles. The Kier molecular flexibility index (Phi) is 8.34. The topological polar surface area (TPSA) is 81.9 Å². The van der Waals surface area contributed by atoms with Gasteiger partial charge >= 0.3 is 6.09 Å². The fraction of sp³-hybridized carbons (Fsp3) is 0.586. The molecule has 1 fully saturated rings. The molecule has 0 radical (unpaired) electrons. The van der Waals surface area contributed by atoms with E-state index in [0.29, 0.717) is 12.0 Å². The quantitative estimate of drug-likeness (QED) is 0.492. The summed E-state index contributed by atoms with van der Waals surface area (Å²) in [6.07, 6.45) is 4.55. The molecule has 0 saturated heterocycles. The lowest BCUT2D eigenvalue weighted by molar-refractivity contribution is -0.118. The van der Waals surface area contributed by atoms with Gasteiger partial charge in [-0.2, -0.15) is 0 Å². The van der Waals surface area contributed by atoms with Gasteiger partial charge in [-0.3, -0.25) is 4.79 Å². The van der Waals surface area contributed by atoms with E-state index in [1.165, 1.54) is 17.7 Å². The number of rotatable bonds is 7. The first kappa shape index (κ1) is 26.8. The maximum atomic E-state index is 12.7. The number of carbonyl (C=O) groups is 2. The lowest BCUT2D eigenvalue weighted by Gasteiger charge is -2.37. The zero-order chi connectivity index (χ0) is 25.8. The largest absolute Gasteiger partial charge is 0.490 e. The van der Waals surface area contributed by atoms with Crippen molar-refractivity contribution < 1.29 is 19.1 Å². The van der Waals surface area contributed by atoms with E-state index < -0.39 is 17.6 Å². The number of carbonyl (C=O) groups excluding carboxylic acids is 2. The summed E-state index contributed by atoms with van der Waals surface area (Å²) in [4.78, 5) is 25.5. The van der Waals surface area contributed by atoms with Crippen LogP contribution in [0.1, 0.15) is 79.2 Å². The fourth-order valence-electron chi connectivity index (χ4n) is 4.71. The Morgan fingerprint density at radius 3 is 2.17 bits per heavy atom. The van der Waals surface area contributed by atoms with Crippen molar-refractivity contribution in [2.75, 3.05) is 6.54 Å². The molecular weight excluding hydrogens is 440 g/mol. The van der Waals surface area contributed by atoms with Crippen molar-refractivity contribution >= 4 is 22.8 Å². The minimum Gasteiger partial charge on any atom is -0.490 e. The number of hydrogen-bond donors (Lipinski definition) is 1. The Balaban J connectivity index is 1.67. The average Bonchev–Trinajstić information content (AvgIpc) is 2.75. The summed E-state index contributed by atoms with van der Waals surface area (Å²) >= 11 is 0. The van der Waals surface area contributed by atoms with Crippen LogP contribution in [-0.2, 0) is 16.1 Å². The van der Waals surface area contributed by atoms with Gasteiger partial charge in [-0.05, 0) is 92.3 Å². The van der Waals surface area contributed by atoms with Gasteiger partial charge in [0, 0.05) is 19.5 Å². The highest BCUT2D eigenvalue weighted by Gasteiger charge is 2.30. The Morgan fingerprint density at radius 1 is 0.943 bits per heavy atom. The third-order valence-electron chi connectivity index (χ3n) is 6.73. The molecule has 0 atom stereocenters. The Hall–Kier alpha value is -2.76. The van der Waals surface area contributed by atoms with E-state index >= 15 is 0 Å². The lowest BCUT2D eigenvalue weighted by Crippen LogP contribution is -2.38. The second kappa shape index (κ2) is 10.9. The van der Waals surface area contributed by atoms with Crippen LogP contribution in [0.15, 0.2) is 36.4 Å². The summed E-state index contributed by atoms with van der Waals surface area (Å²) in [5, 5.41) is 2.17. The fourth-order valence-corrected chi connectivity index (χ4v) is 4.71. The maximum absolute atomic E-state index is 12.7. The second-order valence-electron chi connectivity index (χ2n) is 11.9. The molecule has 0 aromatic heterocycles. The third kappa shape index (κ3) is 8.15. The monoisotopic (exact) mass is 482 g/mol. The van der Waals surface area contributed by atoms with Crippen molar-refractivity contribution in [1.82, 2.24) is 4.90 Å². The number of nitrogens with two attached hydrogens (primary N) is 1. The summed E-state index contributed by atoms with van der Waals surface area (Å²) in [6, 6.07) is 12.3. The van der Waals surface area contributed by atoms with E-state index in [0.717, 1.165) is 40.8 Å². The van der Waals surface area contributed by atoms with Gasteiger partial charge < -0.3 is 20.1 Å². The highest BCUT2D eigenvalue weighted by atomic mass is 16.6. The van der Waals surface area contributed by atoms with E-state index in [9.17, 15) is 9.59 Å². The number of fused-ring (bicyclic) bond motifs is 1. The van der Waals surface area contributed by atoms with Crippen molar-refractivity contribution in [2.24, 2.45) is 17.1 Å². The summed E-state index contributed by atoms with van der Waals surface area (Å²) in [5.41, 5.74) is 6.02. The van der Waals surface area contributed by atoms with E-state index in [2.05, 4.69) is 45.0 Å². The molecule has 0 unspecified atom stereocenters. The molecule has 0 bridgehead atoms. The number of primary amides is 1. The number of ether oxygens (including phenoxy) is 2. The minimum atomic E-state index is -0.617. The van der Waals surface area contributed by atoms with Crippen molar-refractivity contribution in [2.45, 2.75) is 91.9 Å². The van der Waals surface area contributed by atoms with E-state index in [1.807, 2.05) is 32.9 Å². The van der Waals surface area contributed by atoms with Gasteiger partial charge in [0.1, 0.15) is 11.4 Å². The molecule has 6 heteroatoms. The molecule has 1 aliphatic carbocycles. The van der Waals surface area contributed by atoms with Gasteiger partial charge in [0.2, 0.25) is 5.91 Å². The molecule has 192 valence electrons. The second-order valence-corrected chi connectivity index (χ2v) is 11.9.